The molecule has 586 valence electrons. The van der Waals surface area contributed by atoms with Gasteiger partial charge >= 0.3 is 14.4 Å². The number of hydrogen-bond donors (Lipinski definition) is 5. The molecule has 11 rings (SSSR count). The number of nitrogens with one attached hydrogen (secondary N) is 4. The van der Waals surface area contributed by atoms with Gasteiger partial charge in [0.1, 0.15) is 12.1 Å². The number of piperazine rings is 2. The SMILES string of the molecule is Cc1ncsc1-c1ccc(C(C)NC(=O)[C@@H]2C[C@@H](O)CN2C(=O)[C@@H](NC(=O)CCCCCCCCC(=O)N2CCN(CC[C@H](CSc3ccccc3)Nc3ccc([Si](=O)NC(=O)c4ccc5c(c4)CCC4CN(CC6=C(c7ccc(Cl)cc7)CCC(C)(C)C6)CCN54)cc3S(=O)(=O)C(F)(F)F)CC2)C(C)(C)C)cc1. The number of nitrogens with zero attached hydrogens (tertiary/aromatic N) is 6. The molecule has 0 saturated carbocycles. The third kappa shape index (κ3) is 21.5. The highest BCUT2D eigenvalue weighted by Crippen LogP contribution is 2.44. The Hall–Kier alpha value is -7.30. The second-order valence-corrected chi connectivity index (χ2v) is 37.6. The lowest BCUT2D eigenvalue weighted by Gasteiger charge is -2.47. The number of benzene rings is 5. The molecular formula is C82H104ClF3N10O9S3Si. The number of aromatic nitrogens is 1. The fourth-order valence-corrected chi connectivity index (χ4v) is 19.7. The van der Waals surface area contributed by atoms with Crippen LogP contribution >= 0.6 is 34.7 Å². The normalized spacial score (nSPS) is 19.3. The van der Waals surface area contributed by atoms with Crippen LogP contribution < -0.4 is 31.0 Å². The Bertz CT molecular complexity index is 4370. The largest absolute Gasteiger partial charge is 0.501 e. The molecule has 1 aliphatic carbocycles. The number of fused-ring (bicyclic) bond motifs is 3. The molecule has 6 atom stereocenters. The fraction of sp³-hybridized carbons (Fsp3) is 0.512. The number of anilines is 2. The maximum atomic E-state index is 14.7. The van der Waals surface area contributed by atoms with Gasteiger partial charge in [0.15, 0.2) is 0 Å². The average Bonchev–Trinajstić information content (AvgIpc) is 1.54. The molecule has 1 aromatic heterocycles. The molecule has 5 heterocycles. The van der Waals surface area contributed by atoms with E-state index in [1.165, 1.54) is 45.5 Å². The van der Waals surface area contributed by atoms with Gasteiger partial charge in [-0.05, 0) is 158 Å². The zero-order valence-electron chi connectivity index (χ0n) is 63.5. The van der Waals surface area contributed by atoms with Crippen LogP contribution in [0.15, 0.2) is 136 Å². The van der Waals surface area contributed by atoms with Crippen molar-refractivity contribution in [3.05, 3.63) is 159 Å². The van der Waals surface area contributed by atoms with Gasteiger partial charge in [-0.1, -0.05) is 138 Å². The van der Waals surface area contributed by atoms with Crippen LogP contribution in [0.4, 0.5) is 24.5 Å². The summed E-state index contributed by atoms with van der Waals surface area (Å²) in [5, 5.41) is 20.4. The fourth-order valence-electron chi connectivity index (χ4n) is 15.7. The van der Waals surface area contributed by atoms with Gasteiger partial charge in [0.25, 0.3) is 9.84 Å². The summed E-state index contributed by atoms with van der Waals surface area (Å²) >= 11 is 9.30. The average molecular weight is 1590 g/mol. The molecule has 19 nitrogen and oxygen atoms in total. The maximum Gasteiger partial charge on any atom is 0.501 e. The first-order chi connectivity index (χ1) is 51.9. The first-order valence-electron chi connectivity index (χ1n) is 38.3. The lowest BCUT2D eigenvalue weighted by atomic mass is 9.72. The highest BCUT2D eigenvalue weighted by molar-refractivity contribution is 7.99. The van der Waals surface area contributed by atoms with Crippen molar-refractivity contribution in [3.8, 4) is 10.4 Å². The summed E-state index contributed by atoms with van der Waals surface area (Å²) in [6.45, 7) is 20.1. The number of aliphatic hydroxyl groups is 1. The van der Waals surface area contributed by atoms with Crippen LogP contribution in [0.5, 0.6) is 0 Å². The molecule has 0 spiro atoms. The molecule has 3 fully saturated rings. The number of rotatable bonds is 30. The number of β-amino-alcohol motifs (C(OH)–C–C–N with tert-alkyl or cyclic N) is 1. The summed E-state index contributed by atoms with van der Waals surface area (Å²) in [7, 11) is -9.40. The minimum Gasteiger partial charge on any atom is -0.391 e. The minimum absolute atomic E-state index is 0.0257. The van der Waals surface area contributed by atoms with Gasteiger partial charge in [-0.25, -0.2) is 13.4 Å². The Labute approximate surface area is 654 Å². The minimum atomic E-state index is -6.01. The molecule has 2 unspecified atom stereocenters. The van der Waals surface area contributed by atoms with Gasteiger partial charge in [0, 0.05) is 129 Å². The summed E-state index contributed by atoms with van der Waals surface area (Å²) in [4.78, 5) is 87.0. The standard InChI is InChI=1S/C82H104ClF3N10O9S3Si/c1-54(56-21-23-58(24-22-56)75-55(2)87-53-107-75)88-78(101)71-46-65(97)51-96(71)79(102)76(80(3,4)5)90-73(98)19-15-10-8-9-11-16-20-74(99)94-42-39-92(40-43-94)38-36-63(52-106-66-17-13-12-14-18-66)89-69-33-32-67(47-72(69)108(103,104)82(84,85)86)109(105)91-77(100)60-28-34-70-59(45-60)27-31-64-50-93(41-44-95(64)70)49-61-48-81(6,7)37-35-68(61)57-25-29-62(83)30-26-57/h12-14,17-18,21-26,28-30,32-34,45,47,53-54,63-65,71,76,89,97H,8-11,15-16,19-20,27,31,35-44,46,48-52H2,1-7H3,(H,88,101)(H,90,98)(H,91,100)/t54?,63-,64?,65-,71+,76-/m1/s1. The Morgan fingerprint density at radius 3 is 2.18 bits per heavy atom. The molecule has 3 saturated heterocycles. The van der Waals surface area contributed by atoms with Crippen molar-refractivity contribution >= 4 is 105 Å². The van der Waals surface area contributed by atoms with E-state index in [1.807, 2.05) is 118 Å². The second kappa shape index (κ2) is 36.5. The van der Waals surface area contributed by atoms with Crippen molar-refractivity contribution in [2.45, 2.75) is 196 Å². The topological polar surface area (TPSA) is 234 Å². The number of aryl methyl sites for hydroxylation is 2. The molecule has 4 aliphatic heterocycles. The number of aliphatic hydroxyl groups excluding tert-OH is 1. The zero-order valence-corrected chi connectivity index (χ0v) is 67.7. The summed E-state index contributed by atoms with van der Waals surface area (Å²) < 4.78 is 85.0. The van der Waals surface area contributed by atoms with Gasteiger partial charge < -0.3 is 45.2 Å². The number of alkyl halides is 3. The van der Waals surface area contributed by atoms with E-state index in [4.69, 9.17) is 11.6 Å². The van der Waals surface area contributed by atoms with Gasteiger partial charge in [-0.15, -0.1) is 23.1 Å². The quantitative estimate of drug-likeness (QED) is 0.0160. The van der Waals surface area contributed by atoms with Crippen LogP contribution in [-0.4, -0.2) is 183 Å². The van der Waals surface area contributed by atoms with Crippen LogP contribution in [-0.2, 0) is 39.9 Å². The summed E-state index contributed by atoms with van der Waals surface area (Å²) in [5.41, 5.74) is 4.54. The highest BCUT2D eigenvalue weighted by atomic mass is 35.5. The number of amides is 5. The Morgan fingerprint density at radius 2 is 1.50 bits per heavy atom. The van der Waals surface area contributed by atoms with E-state index in [1.54, 1.807) is 23.5 Å². The molecule has 6 aromatic rings. The van der Waals surface area contributed by atoms with Crippen LogP contribution in [0.3, 0.4) is 0 Å². The predicted octanol–water partition coefficient (Wildman–Crippen LogP) is 13.3. The van der Waals surface area contributed by atoms with Crippen molar-refractivity contribution in [1.29, 1.82) is 0 Å². The summed E-state index contributed by atoms with van der Waals surface area (Å²) in [6, 6.07) is 31.6. The third-order valence-corrected chi connectivity index (χ3v) is 27.2. The molecule has 109 heavy (non-hydrogen) atoms. The first kappa shape index (κ1) is 82.7. The molecule has 0 radical (unpaired) electrons. The van der Waals surface area contributed by atoms with E-state index >= 15 is 0 Å². The van der Waals surface area contributed by atoms with Gasteiger partial charge in [-0.3, -0.25) is 33.8 Å². The van der Waals surface area contributed by atoms with Crippen molar-refractivity contribution in [2.24, 2.45) is 10.8 Å². The van der Waals surface area contributed by atoms with Crippen molar-refractivity contribution in [1.82, 2.24) is 40.2 Å². The van der Waals surface area contributed by atoms with Crippen molar-refractivity contribution in [3.63, 3.8) is 0 Å². The number of sulfone groups is 1. The van der Waals surface area contributed by atoms with Gasteiger partial charge in [-0.2, -0.15) is 13.2 Å². The number of carbonyl (C=O) groups excluding carboxylic acids is 5. The molecule has 27 heteroatoms. The van der Waals surface area contributed by atoms with E-state index < -0.39 is 70.5 Å². The van der Waals surface area contributed by atoms with E-state index in [0.717, 1.165) is 126 Å². The molecule has 5 aromatic carbocycles. The summed E-state index contributed by atoms with van der Waals surface area (Å²) in [5.74, 6) is -1.36. The number of halogens is 4. The van der Waals surface area contributed by atoms with E-state index in [0.29, 0.717) is 70.6 Å². The van der Waals surface area contributed by atoms with Crippen LogP contribution in [0.1, 0.15) is 170 Å². The van der Waals surface area contributed by atoms with E-state index in [2.05, 4.69) is 66.6 Å². The molecule has 5 N–H and O–H groups in total. The Kier molecular flexibility index (Phi) is 27.6. The van der Waals surface area contributed by atoms with E-state index in [-0.39, 0.29) is 71.0 Å². The predicted molar refractivity (Wildman–Crippen MR) is 427 cm³/mol. The molecule has 5 aliphatic rings. The Balaban J connectivity index is 0.619. The van der Waals surface area contributed by atoms with Crippen molar-refractivity contribution in [2.75, 3.05) is 81.4 Å². The third-order valence-electron chi connectivity index (χ3n) is 22.0. The number of hydrogen-bond acceptors (Lipinski definition) is 16. The number of carbonyl (C=O) groups is 5. The number of thioether (sulfide) groups is 1. The number of thiazole rings is 1. The number of allylic oxidation sites excluding steroid dienone is 1. The highest BCUT2D eigenvalue weighted by Gasteiger charge is 2.49. The van der Waals surface area contributed by atoms with E-state index in [9.17, 15) is 55.1 Å². The van der Waals surface area contributed by atoms with Gasteiger partial charge in [0.05, 0.1) is 38.8 Å². The lowest BCUT2D eigenvalue weighted by molar-refractivity contribution is -0.144. The van der Waals surface area contributed by atoms with Crippen LogP contribution in [0, 0.1) is 17.8 Å². The van der Waals surface area contributed by atoms with Crippen molar-refractivity contribution < 1.29 is 55.1 Å². The van der Waals surface area contributed by atoms with Crippen LogP contribution in [0.2, 0.25) is 5.02 Å². The smallest absolute Gasteiger partial charge is 0.391 e. The second-order valence-electron chi connectivity index (χ2n) is 31.8. The first-order valence-corrected chi connectivity index (χ1v) is 43.4. The molecular weight excluding hydrogens is 1490 g/mol. The number of unbranched alkanes of at least 4 members (excludes halogenated alkanes) is 5. The monoisotopic (exact) mass is 1590 g/mol. The number of likely N-dealkylation sites (tertiary alicyclic amines) is 1. The molecule has 5 amide bonds. The zero-order chi connectivity index (χ0) is 78.0. The lowest BCUT2D eigenvalue weighted by Crippen LogP contribution is -2.57. The Morgan fingerprint density at radius 1 is 0.807 bits per heavy atom. The maximum absolute atomic E-state index is 14.7. The van der Waals surface area contributed by atoms with Crippen LogP contribution in [0.25, 0.3) is 16.0 Å². The van der Waals surface area contributed by atoms with Gasteiger partial charge in [0.2, 0.25) is 29.5 Å². The summed E-state index contributed by atoms with van der Waals surface area (Å²) in [6.07, 6.45) is 9.57. The molecule has 0 bridgehead atoms.